The van der Waals surface area contributed by atoms with Crippen molar-refractivity contribution in [1.29, 1.82) is 0 Å². The van der Waals surface area contributed by atoms with Gasteiger partial charge in [-0.2, -0.15) is 0 Å². The molecule has 1 aliphatic rings. The van der Waals surface area contributed by atoms with E-state index in [1.165, 1.54) is 17.2 Å². The van der Waals surface area contributed by atoms with Crippen molar-refractivity contribution in [1.82, 2.24) is 9.88 Å². The van der Waals surface area contributed by atoms with E-state index in [0.717, 1.165) is 34.7 Å². The molecule has 6 nitrogen and oxygen atoms in total. The average molecular weight is 442 g/mol. The summed E-state index contributed by atoms with van der Waals surface area (Å²) in [5.41, 5.74) is 3.72. The molecule has 4 rings (SSSR count). The van der Waals surface area contributed by atoms with E-state index in [2.05, 4.69) is 32.3 Å². The van der Waals surface area contributed by atoms with Gasteiger partial charge in [0.1, 0.15) is 11.4 Å². The molecule has 0 unspecified atom stereocenters. The fraction of sp³-hybridized carbons (Fsp3) is 0.286. The van der Waals surface area contributed by atoms with Crippen LogP contribution in [0.3, 0.4) is 0 Å². The monoisotopic (exact) mass is 441 g/mol. The zero-order valence-corrected chi connectivity index (χ0v) is 17.1. The molecule has 1 N–H and O–H groups in total. The minimum absolute atomic E-state index is 0.162. The molecule has 7 heteroatoms. The second-order valence-electron chi connectivity index (χ2n) is 7.14. The molecule has 2 heterocycles. The van der Waals surface area contributed by atoms with Crippen molar-refractivity contribution in [2.45, 2.75) is 25.8 Å². The Morgan fingerprint density at radius 1 is 1.25 bits per heavy atom. The third kappa shape index (κ3) is 4.15. The van der Waals surface area contributed by atoms with Gasteiger partial charge >= 0.3 is 5.63 Å². The maximum atomic E-state index is 12.3. The normalized spacial score (nSPS) is 13.1. The lowest BCUT2D eigenvalue weighted by Crippen LogP contribution is -2.30. The van der Waals surface area contributed by atoms with Gasteiger partial charge in [0.05, 0.1) is 6.54 Å². The number of aryl methyl sites for hydroxylation is 2. The number of halogens is 1. The van der Waals surface area contributed by atoms with Gasteiger partial charge in [0.25, 0.3) is 0 Å². The predicted octanol–water partition coefficient (Wildman–Crippen LogP) is 3.51. The van der Waals surface area contributed by atoms with Crippen LogP contribution in [0.15, 0.2) is 50.2 Å². The van der Waals surface area contributed by atoms with Gasteiger partial charge in [0.15, 0.2) is 0 Å². The van der Waals surface area contributed by atoms with Crippen LogP contribution in [0.5, 0.6) is 0 Å². The second-order valence-corrected chi connectivity index (χ2v) is 8.06. The smallest absolute Gasteiger partial charge is 0.336 e. The van der Waals surface area contributed by atoms with Crippen molar-refractivity contribution in [3.8, 4) is 0 Å². The largest absolute Gasteiger partial charge is 0.423 e. The van der Waals surface area contributed by atoms with Crippen LogP contribution in [0.1, 0.15) is 23.1 Å². The van der Waals surface area contributed by atoms with Gasteiger partial charge in [0.2, 0.25) is 5.91 Å². The first-order valence-corrected chi connectivity index (χ1v) is 9.96. The summed E-state index contributed by atoms with van der Waals surface area (Å²) in [6.45, 7) is 0.659. The minimum Gasteiger partial charge on any atom is -0.423 e. The molecule has 28 heavy (non-hydrogen) atoms. The molecule has 0 spiro atoms. The number of rotatable bonds is 5. The summed E-state index contributed by atoms with van der Waals surface area (Å²) in [4.78, 5) is 30.3. The fourth-order valence-electron chi connectivity index (χ4n) is 3.65. The highest BCUT2D eigenvalue weighted by molar-refractivity contribution is 9.10. The lowest BCUT2D eigenvalue weighted by molar-refractivity contribution is -0.117. The van der Waals surface area contributed by atoms with E-state index < -0.39 is 0 Å². The first-order chi connectivity index (χ1) is 13.5. The summed E-state index contributed by atoms with van der Waals surface area (Å²) >= 11 is 3.32. The number of carbonyl (C=O) groups is 1. The van der Waals surface area contributed by atoms with Gasteiger partial charge in [-0.25, -0.2) is 9.78 Å². The summed E-state index contributed by atoms with van der Waals surface area (Å²) in [6.07, 6.45) is 4.86. The number of hydrogen-bond acceptors (Lipinski definition) is 5. The standard InChI is InChI=1S/C21H20BrN3O3/c1-25(12-20(26)24-19-6-5-16(22)10-23-19)11-15-9-21(27)28-18-8-14-4-2-3-13(14)7-17(15)18/h5-10H,2-4,11-12H2,1H3,(H,23,24,26). The summed E-state index contributed by atoms with van der Waals surface area (Å²) < 4.78 is 6.26. The second kappa shape index (κ2) is 7.85. The zero-order valence-electron chi connectivity index (χ0n) is 15.5. The van der Waals surface area contributed by atoms with Gasteiger partial charge in [0, 0.05) is 28.7 Å². The van der Waals surface area contributed by atoms with Gasteiger partial charge in [-0.15, -0.1) is 0 Å². The van der Waals surface area contributed by atoms with E-state index in [4.69, 9.17) is 4.42 Å². The minimum atomic E-state index is -0.364. The van der Waals surface area contributed by atoms with E-state index in [1.807, 2.05) is 24.1 Å². The fourth-order valence-corrected chi connectivity index (χ4v) is 3.88. The first-order valence-electron chi connectivity index (χ1n) is 9.16. The molecule has 1 aliphatic carbocycles. The number of likely N-dealkylation sites (N-methyl/N-ethyl adjacent to an activating group) is 1. The Balaban J connectivity index is 1.50. The molecule has 1 aromatic carbocycles. The zero-order chi connectivity index (χ0) is 19.7. The topological polar surface area (TPSA) is 75.4 Å². The highest BCUT2D eigenvalue weighted by atomic mass is 79.9. The first kappa shape index (κ1) is 18.8. The molecule has 0 radical (unpaired) electrons. The molecular formula is C21H20BrN3O3. The quantitative estimate of drug-likeness (QED) is 0.613. The van der Waals surface area contributed by atoms with Crippen LogP contribution >= 0.6 is 15.9 Å². The number of nitrogens with zero attached hydrogens (tertiary/aromatic N) is 2. The van der Waals surface area contributed by atoms with Gasteiger partial charge in [-0.1, -0.05) is 0 Å². The molecule has 0 fully saturated rings. The Morgan fingerprint density at radius 2 is 2.04 bits per heavy atom. The van der Waals surface area contributed by atoms with Crippen molar-refractivity contribution in [3.05, 3.63) is 68.1 Å². The summed E-state index contributed by atoms with van der Waals surface area (Å²) in [5.74, 6) is 0.341. The Hall–Kier alpha value is -2.51. The summed E-state index contributed by atoms with van der Waals surface area (Å²) in [6, 6.07) is 9.21. The number of carbonyl (C=O) groups excluding carboxylic acids is 1. The Labute approximate surface area is 170 Å². The number of amides is 1. The van der Waals surface area contributed by atoms with Crippen LogP contribution in [0.25, 0.3) is 11.0 Å². The number of fused-ring (bicyclic) bond motifs is 2. The lowest BCUT2D eigenvalue weighted by atomic mass is 10.0. The highest BCUT2D eigenvalue weighted by Crippen LogP contribution is 2.28. The molecule has 3 aromatic rings. The maximum Gasteiger partial charge on any atom is 0.336 e. The highest BCUT2D eigenvalue weighted by Gasteiger charge is 2.16. The number of pyridine rings is 1. The Morgan fingerprint density at radius 3 is 2.79 bits per heavy atom. The van der Waals surface area contributed by atoms with E-state index >= 15 is 0 Å². The number of nitrogens with one attached hydrogen (secondary N) is 1. The molecule has 144 valence electrons. The van der Waals surface area contributed by atoms with Crippen LogP contribution in [-0.4, -0.2) is 29.4 Å². The average Bonchev–Trinajstić information content (AvgIpc) is 3.09. The van der Waals surface area contributed by atoms with Crippen LogP contribution < -0.4 is 10.9 Å². The number of aromatic nitrogens is 1. The van der Waals surface area contributed by atoms with Gasteiger partial charge < -0.3 is 9.73 Å². The predicted molar refractivity (Wildman–Crippen MR) is 111 cm³/mol. The Bertz CT molecular complexity index is 1090. The lowest BCUT2D eigenvalue weighted by Gasteiger charge is -2.17. The van der Waals surface area contributed by atoms with Crippen LogP contribution in [0.2, 0.25) is 0 Å². The van der Waals surface area contributed by atoms with E-state index in [1.54, 1.807) is 12.3 Å². The third-order valence-electron chi connectivity index (χ3n) is 4.89. The number of hydrogen-bond donors (Lipinski definition) is 1. The van der Waals surface area contributed by atoms with Crippen molar-refractivity contribution < 1.29 is 9.21 Å². The molecular weight excluding hydrogens is 422 g/mol. The van der Waals surface area contributed by atoms with Crippen molar-refractivity contribution >= 4 is 38.6 Å². The molecule has 1 amide bonds. The number of benzene rings is 1. The summed E-state index contributed by atoms with van der Waals surface area (Å²) in [5, 5.41) is 3.72. The van der Waals surface area contributed by atoms with E-state index in [-0.39, 0.29) is 18.1 Å². The van der Waals surface area contributed by atoms with Gasteiger partial charge in [-0.05, 0) is 83.2 Å². The summed E-state index contributed by atoms with van der Waals surface area (Å²) in [7, 11) is 1.85. The number of anilines is 1. The maximum absolute atomic E-state index is 12.3. The van der Waals surface area contributed by atoms with E-state index in [0.29, 0.717) is 17.9 Å². The molecule has 0 aliphatic heterocycles. The molecule has 0 saturated heterocycles. The van der Waals surface area contributed by atoms with Crippen LogP contribution in [-0.2, 0) is 24.2 Å². The molecule has 0 bridgehead atoms. The molecule has 0 atom stereocenters. The van der Waals surface area contributed by atoms with E-state index in [9.17, 15) is 9.59 Å². The Kier molecular flexibility index (Phi) is 5.28. The van der Waals surface area contributed by atoms with Crippen molar-refractivity contribution in [2.75, 3.05) is 18.9 Å². The molecule has 0 saturated carbocycles. The SMILES string of the molecule is CN(CC(=O)Nc1ccc(Br)cn1)Cc1cc(=O)oc2cc3c(cc12)CCC3. The van der Waals surface area contributed by atoms with Crippen LogP contribution in [0.4, 0.5) is 5.82 Å². The van der Waals surface area contributed by atoms with Crippen LogP contribution in [0, 0.1) is 0 Å². The van der Waals surface area contributed by atoms with Crippen molar-refractivity contribution in [3.63, 3.8) is 0 Å². The van der Waals surface area contributed by atoms with Gasteiger partial charge in [-0.3, -0.25) is 9.69 Å². The molecule has 2 aromatic heterocycles. The van der Waals surface area contributed by atoms with Crippen molar-refractivity contribution in [2.24, 2.45) is 0 Å². The third-order valence-corrected chi connectivity index (χ3v) is 5.36.